The Kier molecular flexibility index (Phi) is 4.42. The Bertz CT molecular complexity index is 785. The SMILES string of the molecule is COc1cc2c(C)nc(N3CCCCC3)c([N+](=O)[O-])c2cc1OC. The molecule has 0 unspecified atom stereocenters. The van der Waals surface area contributed by atoms with Gasteiger partial charge in [0.05, 0.1) is 24.5 Å². The summed E-state index contributed by atoms with van der Waals surface area (Å²) in [5, 5.41) is 13.1. The number of hydrogen-bond acceptors (Lipinski definition) is 6. The smallest absolute Gasteiger partial charge is 0.319 e. The van der Waals surface area contributed by atoms with Crippen molar-refractivity contribution in [3.8, 4) is 11.5 Å². The van der Waals surface area contributed by atoms with Crippen LogP contribution >= 0.6 is 0 Å². The van der Waals surface area contributed by atoms with Gasteiger partial charge in [-0.05, 0) is 38.3 Å². The Hall–Kier alpha value is -2.57. The summed E-state index contributed by atoms with van der Waals surface area (Å²) in [5.74, 6) is 1.47. The van der Waals surface area contributed by atoms with E-state index >= 15 is 0 Å². The number of methoxy groups -OCH3 is 2. The Labute approximate surface area is 140 Å². The van der Waals surface area contributed by atoms with E-state index < -0.39 is 0 Å². The lowest BCUT2D eigenvalue weighted by Gasteiger charge is -2.28. The first-order valence-electron chi connectivity index (χ1n) is 8.02. The van der Waals surface area contributed by atoms with Gasteiger partial charge < -0.3 is 14.4 Å². The van der Waals surface area contributed by atoms with E-state index in [1.165, 1.54) is 7.11 Å². The van der Waals surface area contributed by atoms with Gasteiger partial charge in [-0.1, -0.05) is 0 Å². The molecule has 1 aliphatic rings. The van der Waals surface area contributed by atoms with Crippen LogP contribution in [0.4, 0.5) is 11.5 Å². The zero-order valence-corrected chi connectivity index (χ0v) is 14.2. The number of benzene rings is 1. The summed E-state index contributed by atoms with van der Waals surface area (Å²) in [6, 6.07) is 3.43. The first kappa shape index (κ1) is 16.3. The van der Waals surface area contributed by atoms with Crippen molar-refractivity contribution in [1.29, 1.82) is 0 Å². The lowest BCUT2D eigenvalue weighted by Crippen LogP contribution is -2.31. The molecule has 0 aliphatic carbocycles. The third-order valence-corrected chi connectivity index (χ3v) is 4.49. The van der Waals surface area contributed by atoms with Crippen LogP contribution in [0.3, 0.4) is 0 Å². The molecule has 0 spiro atoms. The highest BCUT2D eigenvalue weighted by Crippen LogP contribution is 2.41. The Morgan fingerprint density at radius 2 is 1.67 bits per heavy atom. The third-order valence-electron chi connectivity index (χ3n) is 4.49. The molecule has 1 saturated heterocycles. The van der Waals surface area contributed by atoms with Crippen LogP contribution < -0.4 is 14.4 Å². The van der Waals surface area contributed by atoms with Gasteiger partial charge in [0, 0.05) is 24.2 Å². The lowest BCUT2D eigenvalue weighted by atomic mass is 10.1. The van der Waals surface area contributed by atoms with Gasteiger partial charge in [-0.25, -0.2) is 4.98 Å². The van der Waals surface area contributed by atoms with E-state index in [0.29, 0.717) is 28.1 Å². The van der Waals surface area contributed by atoms with E-state index in [1.54, 1.807) is 19.2 Å². The molecule has 128 valence electrons. The van der Waals surface area contributed by atoms with Crippen LogP contribution in [0.5, 0.6) is 11.5 Å². The van der Waals surface area contributed by atoms with Crippen molar-refractivity contribution in [2.75, 3.05) is 32.2 Å². The molecule has 1 aromatic carbocycles. The van der Waals surface area contributed by atoms with Crippen LogP contribution in [-0.2, 0) is 0 Å². The van der Waals surface area contributed by atoms with Gasteiger partial charge in [0.2, 0.25) is 5.82 Å². The Morgan fingerprint density at radius 3 is 2.21 bits per heavy atom. The van der Waals surface area contributed by atoms with Gasteiger partial charge in [0.1, 0.15) is 0 Å². The fraction of sp³-hybridized carbons (Fsp3) is 0.471. The number of anilines is 1. The van der Waals surface area contributed by atoms with Gasteiger partial charge in [0.25, 0.3) is 0 Å². The largest absolute Gasteiger partial charge is 0.493 e. The first-order valence-corrected chi connectivity index (χ1v) is 8.02. The number of ether oxygens (including phenoxy) is 2. The van der Waals surface area contributed by atoms with Gasteiger partial charge in [-0.15, -0.1) is 0 Å². The Morgan fingerprint density at radius 1 is 1.08 bits per heavy atom. The predicted octanol–water partition coefficient (Wildman–Crippen LogP) is 3.46. The molecule has 1 aliphatic heterocycles. The average molecular weight is 331 g/mol. The molecule has 7 nitrogen and oxygen atoms in total. The molecule has 0 saturated carbocycles. The number of aryl methyl sites for hydroxylation is 1. The number of pyridine rings is 1. The second kappa shape index (κ2) is 6.51. The zero-order valence-electron chi connectivity index (χ0n) is 14.2. The van der Waals surface area contributed by atoms with Gasteiger partial charge in [-0.3, -0.25) is 10.1 Å². The summed E-state index contributed by atoms with van der Waals surface area (Å²) in [4.78, 5) is 18.1. The normalized spacial score (nSPS) is 14.7. The highest BCUT2D eigenvalue weighted by molar-refractivity contribution is 5.98. The second-order valence-corrected chi connectivity index (χ2v) is 5.93. The monoisotopic (exact) mass is 331 g/mol. The zero-order chi connectivity index (χ0) is 17.3. The van der Waals surface area contributed by atoms with Crippen LogP contribution in [0.1, 0.15) is 25.0 Å². The highest BCUT2D eigenvalue weighted by atomic mass is 16.6. The molecule has 0 bridgehead atoms. The minimum Gasteiger partial charge on any atom is -0.493 e. The number of hydrogen-bond donors (Lipinski definition) is 0. The topological polar surface area (TPSA) is 77.7 Å². The minimum absolute atomic E-state index is 0.0402. The number of nitro groups is 1. The molecule has 3 rings (SSSR count). The molecule has 0 amide bonds. The lowest BCUT2D eigenvalue weighted by molar-refractivity contribution is -0.382. The average Bonchev–Trinajstić information content (AvgIpc) is 2.60. The van der Waals surface area contributed by atoms with Crippen molar-refractivity contribution in [2.24, 2.45) is 0 Å². The van der Waals surface area contributed by atoms with E-state index in [0.717, 1.165) is 38.0 Å². The molecule has 0 N–H and O–H groups in total. The molecule has 1 aromatic heterocycles. The van der Waals surface area contributed by atoms with Crippen molar-refractivity contribution in [3.05, 3.63) is 27.9 Å². The maximum absolute atomic E-state index is 11.8. The predicted molar refractivity (Wildman–Crippen MR) is 92.3 cm³/mol. The van der Waals surface area contributed by atoms with Gasteiger partial charge in [-0.2, -0.15) is 0 Å². The molecule has 0 radical (unpaired) electrons. The summed E-state index contributed by atoms with van der Waals surface area (Å²) in [6.07, 6.45) is 3.21. The quantitative estimate of drug-likeness (QED) is 0.631. The maximum atomic E-state index is 11.8. The molecule has 0 atom stereocenters. The summed E-state index contributed by atoms with van der Waals surface area (Å²) in [5.41, 5.74) is 0.788. The molecule has 2 heterocycles. The van der Waals surface area contributed by atoms with Crippen LogP contribution in [0.2, 0.25) is 0 Å². The van der Waals surface area contributed by atoms with Crippen molar-refractivity contribution < 1.29 is 14.4 Å². The number of rotatable bonds is 4. The van der Waals surface area contributed by atoms with E-state index in [9.17, 15) is 10.1 Å². The van der Waals surface area contributed by atoms with Crippen molar-refractivity contribution in [1.82, 2.24) is 4.98 Å². The molecular weight excluding hydrogens is 310 g/mol. The van der Waals surface area contributed by atoms with E-state index in [2.05, 4.69) is 4.98 Å². The van der Waals surface area contributed by atoms with Gasteiger partial charge >= 0.3 is 5.69 Å². The molecule has 2 aromatic rings. The fourth-order valence-electron chi connectivity index (χ4n) is 3.27. The summed E-state index contributed by atoms with van der Waals surface area (Å²) in [7, 11) is 3.07. The van der Waals surface area contributed by atoms with E-state index in [4.69, 9.17) is 9.47 Å². The summed E-state index contributed by atoms with van der Waals surface area (Å²) in [6.45, 7) is 3.46. The second-order valence-electron chi connectivity index (χ2n) is 5.93. The fourth-order valence-corrected chi connectivity index (χ4v) is 3.27. The van der Waals surface area contributed by atoms with Crippen LogP contribution in [0, 0.1) is 17.0 Å². The number of piperidine rings is 1. The molecular formula is C17H21N3O4. The van der Waals surface area contributed by atoms with Crippen molar-refractivity contribution >= 4 is 22.3 Å². The van der Waals surface area contributed by atoms with Crippen LogP contribution in [0.25, 0.3) is 10.8 Å². The molecule has 1 fully saturated rings. The summed E-state index contributed by atoms with van der Waals surface area (Å²) < 4.78 is 10.6. The summed E-state index contributed by atoms with van der Waals surface area (Å²) >= 11 is 0. The standard InChI is InChI=1S/C17H21N3O4/c1-11-12-9-14(23-2)15(24-3)10-13(12)16(20(21)22)17(18-11)19-7-5-4-6-8-19/h9-10H,4-8H2,1-3H3. The highest BCUT2D eigenvalue weighted by Gasteiger charge is 2.28. The van der Waals surface area contributed by atoms with E-state index in [1.807, 2.05) is 11.8 Å². The van der Waals surface area contributed by atoms with Crippen LogP contribution in [-0.4, -0.2) is 37.2 Å². The minimum atomic E-state index is -0.343. The number of aromatic nitrogens is 1. The van der Waals surface area contributed by atoms with E-state index in [-0.39, 0.29) is 10.6 Å². The Balaban J connectivity index is 2.29. The molecule has 7 heteroatoms. The first-order chi connectivity index (χ1) is 11.6. The maximum Gasteiger partial charge on any atom is 0.319 e. The van der Waals surface area contributed by atoms with Gasteiger partial charge in [0.15, 0.2) is 11.5 Å². The number of nitrogens with zero attached hydrogens (tertiary/aromatic N) is 3. The van der Waals surface area contributed by atoms with Crippen LogP contribution in [0.15, 0.2) is 12.1 Å². The number of fused-ring (bicyclic) bond motifs is 1. The van der Waals surface area contributed by atoms with Crippen molar-refractivity contribution in [3.63, 3.8) is 0 Å². The third kappa shape index (κ3) is 2.70. The molecule has 24 heavy (non-hydrogen) atoms. The van der Waals surface area contributed by atoms with Crippen molar-refractivity contribution in [2.45, 2.75) is 26.2 Å².